The summed E-state index contributed by atoms with van der Waals surface area (Å²) in [5.74, 6) is 0. The Morgan fingerprint density at radius 3 is 1.33 bits per heavy atom. The van der Waals surface area contributed by atoms with Gasteiger partial charge in [-0.25, -0.2) is 0 Å². The van der Waals surface area contributed by atoms with Crippen molar-refractivity contribution in [2.24, 2.45) is 0 Å². The molecular formula is C22H8N6S2. The van der Waals surface area contributed by atoms with Crippen LogP contribution in [0.1, 0.15) is 0 Å². The monoisotopic (exact) mass is 420 g/mol. The maximum atomic E-state index is 9.25. The summed E-state index contributed by atoms with van der Waals surface area (Å²) < 4.78 is 0. The molecule has 3 aromatic rings. The highest BCUT2D eigenvalue weighted by molar-refractivity contribution is 8.04. The Morgan fingerprint density at radius 1 is 0.600 bits per heavy atom. The lowest BCUT2D eigenvalue weighted by atomic mass is 9.98. The summed E-state index contributed by atoms with van der Waals surface area (Å²) in [6.45, 7) is 0. The van der Waals surface area contributed by atoms with Crippen LogP contribution < -0.4 is 10.6 Å². The van der Waals surface area contributed by atoms with Gasteiger partial charge in [0.1, 0.15) is 34.3 Å². The second-order valence-electron chi connectivity index (χ2n) is 6.45. The van der Waals surface area contributed by atoms with Crippen molar-refractivity contribution < 1.29 is 0 Å². The van der Waals surface area contributed by atoms with Gasteiger partial charge in [0.25, 0.3) is 0 Å². The molecule has 6 nitrogen and oxygen atoms in total. The molecule has 0 unspecified atom stereocenters. The van der Waals surface area contributed by atoms with Crippen molar-refractivity contribution in [2.75, 3.05) is 10.6 Å². The van der Waals surface area contributed by atoms with Gasteiger partial charge in [-0.2, -0.15) is 21.0 Å². The third-order valence-corrected chi connectivity index (χ3v) is 7.03. The van der Waals surface area contributed by atoms with E-state index < -0.39 is 0 Å². The molecule has 0 fully saturated rings. The normalized spacial score (nSPS) is 13.3. The first-order chi connectivity index (χ1) is 14.7. The molecule has 8 heteroatoms. The quantitative estimate of drug-likeness (QED) is 0.359. The Labute approximate surface area is 179 Å². The Balaban J connectivity index is 1.82. The van der Waals surface area contributed by atoms with Gasteiger partial charge >= 0.3 is 0 Å². The molecule has 0 amide bonds. The van der Waals surface area contributed by atoms with Gasteiger partial charge < -0.3 is 10.6 Å². The highest BCUT2D eigenvalue weighted by atomic mass is 32.2. The number of anilines is 2. The van der Waals surface area contributed by atoms with Crippen LogP contribution in [0.25, 0.3) is 21.5 Å². The molecule has 3 aromatic carbocycles. The van der Waals surface area contributed by atoms with E-state index in [4.69, 9.17) is 0 Å². The van der Waals surface area contributed by atoms with Gasteiger partial charge in [0.2, 0.25) is 0 Å². The SMILES string of the molecule is N#CC(C#N)=C1Nc2c(ccc3ccc4ccc5c(c4c23)NC(=C(C#N)C#N)S5)S1. The van der Waals surface area contributed by atoms with E-state index in [2.05, 4.69) is 10.6 Å². The molecule has 2 aliphatic heterocycles. The summed E-state index contributed by atoms with van der Waals surface area (Å²) in [5.41, 5.74) is 1.78. The molecule has 0 saturated heterocycles. The van der Waals surface area contributed by atoms with Crippen LogP contribution in [0.15, 0.2) is 67.4 Å². The van der Waals surface area contributed by atoms with Crippen LogP contribution in [0.2, 0.25) is 0 Å². The van der Waals surface area contributed by atoms with Crippen LogP contribution in [-0.2, 0) is 0 Å². The smallest absolute Gasteiger partial charge is 0.160 e. The van der Waals surface area contributed by atoms with Crippen LogP contribution in [0.4, 0.5) is 11.4 Å². The van der Waals surface area contributed by atoms with Crippen molar-refractivity contribution in [1.29, 1.82) is 21.0 Å². The standard InChI is InChI=1S/C22H8N6S2/c23-7-13(8-24)21-27-19-15(29-21)5-3-11-1-2-12-4-6-16-20(18(12)17(11)19)28-22(30-16)14(9-25)10-26/h1-6,27-28H. The van der Waals surface area contributed by atoms with Crippen LogP contribution in [0.5, 0.6) is 0 Å². The zero-order valence-corrected chi connectivity index (χ0v) is 16.7. The third kappa shape index (κ3) is 2.50. The van der Waals surface area contributed by atoms with Gasteiger partial charge in [-0.1, -0.05) is 47.8 Å². The molecule has 0 saturated carbocycles. The fraction of sp³-hybridized carbons (Fsp3) is 0. The van der Waals surface area contributed by atoms with Gasteiger partial charge in [-0.3, -0.25) is 0 Å². The van der Waals surface area contributed by atoms with E-state index in [1.165, 1.54) is 23.5 Å². The number of nitriles is 4. The zero-order valence-electron chi connectivity index (χ0n) is 15.1. The predicted octanol–water partition coefficient (Wildman–Crippen LogP) is 5.55. The number of rotatable bonds is 0. The van der Waals surface area contributed by atoms with Crippen molar-refractivity contribution in [3.63, 3.8) is 0 Å². The number of allylic oxidation sites excluding steroid dienone is 2. The van der Waals surface area contributed by atoms with E-state index >= 15 is 0 Å². The van der Waals surface area contributed by atoms with Crippen molar-refractivity contribution in [1.82, 2.24) is 0 Å². The number of thioether (sulfide) groups is 2. The lowest BCUT2D eigenvalue weighted by molar-refractivity contribution is 1.43. The molecule has 2 aliphatic rings. The van der Waals surface area contributed by atoms with E-state index in [0.717, 1.165) is 42.7 Å². The van der Waals surface area contributed by atoms with Gasteiger partial charge in [-0.15, -0.1) is 0 Å². The van der Waals surface area contributed by atoms with Gasteiger partial charge in [0.05, 0.1) is 11.4 Å². The average Bonchev–Trinajstić information content (AvgIpc) is 3.39. The van der Waals surface area contributed by atoms with E-state index in [0.29, 0.717) is 10.1 Å². The molecule has 0 atom stereocenters. The van der Waals surface area contributed by atoms with Gasteiger partial charge in [-0.05, 0) is 22.9 Å². The molecule has 0 spiro atoms. The van der Waals surface area contributed by atoms with Gasteiger partial charge in [0.15, 0.2) is 11.1 Å². The third-order valence-electron chi connectivity index (χ3n) is 4.89. The fourth-order valence-electron chi connectivity index (χ4n) is 3.59. The topological polar surface area (TPSA) is 119 Å². The number of benzene rings is 3. The Bertz CT molecular complexity index is 1390. The Hall–Kier alpha value is -4.08. The van der Waals surface area contributed by atoms with E-state index in [1.54, 1.807) is 0 Å². The molecule has 138 valence electrons. The number of hydrogen-bond donors (Lipinski definition) is 2. The first-order valence-corrected chi connectivity index (χ1v) is 10.3. The molecule has 0 aliphatic carbocycles. The Morgan fingerprint density at radius 2 is 0.967 bits per heavy atom. The zero-order chi connectivity index (χ0) is 20.8. The second kappa shape index (κ2) is 6.76. The number of nitrogens with one attached hydrogen (secondary N) is 2. The first kappa shape index (κ1) is 18.0. The molecule has 0 radical (unpaired) electrons. The molecule has 0 aromatic heterocycles. The van der Waals surface area contributed by atoms with E-state index in [-0.39, 0.29) is 11.1 Å². The highest BCUT2D eigenvalue weighted by Crippen LogP contribution is 2.52. The summed E-state index contributed by atoms with van der Waals surface area (Å²) in [4.78, 5) is 1.86. The highest BCUT2D eigenvalue weighted by Gasteiger charge is 2.27. The second-order valence-corrected chi connectivity index (χ2v) is 8.55. The lowest BCUT2D eigenvalue weighted by Gasteiger charge is -2.12. The van der Waals surface area contributed by atoms with Crippen LogP contribution in [0.3, 0.4) is 0 Å². The fourth-order valence-corrected chi connectivity index (χ4v) is 5.51. The summed E-state index contributed by atoms with van der Waals surface area (Å²) in [6, 6.07) is 19.8. The maximum Gasteiger partial charge on any atom is 0.160 e. The largest absolute Gasteiger partial charge is 0.347 e. The summed E-state index contributed by atoms with van der Waals surface area (Å²) in [6.07, 6.45) is 0. The maximum absolute atomic E-state index is 9.25. The molecule has 0 bridgehead atoms. The predicted molar refractivity (Wildman–Crippen MR) is 117 cm³/mol. The van der Waals surface area contributed by atoms with Crippen LogP contribution in [0, 0.1) is 45.3 Å². The van der Waals surface area contributed by atoms with Crippen molar-refractivity contribution in [2.45, 2.75) is 9.79 Å². The summed E-state index contributed by atoms with van der Waals surface area (Å²) in [5, 5.41) is 48.5. The van der Waals surface area contributed by atoms with Gasteiger partial charge in [0, 0.05) is 20.6 Å². The van der Waals surface area contributed by atoms with Crippen molar-refractivity contribution >= 4 is 56.4 Å². The lowest BCUT2D eigenvalue weighted by Crippen LogP contribution is -1.96. The number of hydrogen-bond acceptors (Lipinski definition) is 8. The van der Waals surface area contributed by atoms with Crippen LogP contribution in [-0.4, -0.2) is 0 Å². The van der Waals surface area contributed by atoms with E-state index in [9.17, 15) is 21.0 Å². The number of nitrogens with zero attached hydrogens (tertiary/aromatic N) is 4. The number of fused-ring (bicyclic) bond motifs is 7. The van der Waals surface area contributed by atoms with Crippen molar-refractivity contribution in [3.05, 3.63) is 57.6 Å². The van der Waals surface area contributed by atoms with Crippen molar-refractivity contribution in [3.8, 4) is 24.3 Å². The van der Waals surface area contributed by atoms with Crippen LogP contribution >= 0.6 is 23.5 Å². The average molecular weight is 420 g/mol. The first-order valence-electron chi connectivity index (χ1n) is 8.69. The summed E-state index contributed by atoms with van der Waals surface area (Å²) >= 11 is 2.73. The minimum atomic E-state index is 0.0430. The minimum Gasteiger partial charge on any atom is -0.347 e. The summed E-state index contributed by atoms with van der Waals surface area (Å²) in [7, 11) is 0. The molecule has 5 rings (SSSR count). The van der Waals surface area contributed by atoms with E-state index in [1.807, 2.05) is 60.7 Å². The molecule has 30 heavy (non-hydrogen) atoms. The minimum absolute atomic E-state index is 0.0430. The molecule has 2 heterocycles. The Kier molecular flexibility index (Phi) is 4.05. The molecular weight excluding hydrogens is 412 g/mol. The molecule has 2 N–H and O–H groups in total.